The fourth-order valence-corrected chi connectivity index (χ4v) is 2.90. The van der Waals surface area contributed by atoms with Crippen molar-refractivity contribution >= 4 is 17.5 Å². The summed E-state index contributed by atoms with van der Waals surface area (Å²) in [7, 11) is 0. The predicted octanol–water partition coefficient (Wildman–Crippen LogP) is 5.93. The van der Waals surface area contributed by atoms with E-state index in [1.807, 2.05) is 0 Å². The number of furan rings is 1. The Kier molecular flexibility index (Phi) is 5.74. The monoisotopic (exact) mass is 411 g/mol. The van der Waals surface area contributed by atoms with Gasteiger partial charge in [0.05, 0.1) is 24.9 Å². The summed E-state index contributed by atoms with van der Waals surface area (Å²) in [6, 6.07) is 11.4. The predicted molar refractivity (Wildman–Crippen MR) is 95.1 cm³/mol. The van der Waals surface area contributed by atoms with Crippen molar-refractivity contribution in [3.05, 3.63) is 94.2 Å². The smallest absolute Gasteiger partial charge is 0.416 e. The maximum Gasteiger partial charge on any atom is 0.416 e. The molecule has 0 atom stereocenters. The van der Waals surface area contributed by atoms with Crippen molar-refractivity contribution in [2.75, 3.05) is 0 Å². The van der Waals surface area contributed by atoms with E-state index in [1.165, 1.54) is 35.4 Å². The van der Waals surface area contributed by atoms with E-state index >= 15 is 0 Å². The molecule has 0 unspecified atom stereocenters. The molecule has 146 valence electrons. The van der Waals surface area contributed by atoms with E-state index in [9.17, 15) is 22.4 Å². The fourth-order valence-electron chi connectivity index (χ4n) is 2.68. The van der Waals surface area contributed by atoms with Crippen molar-refractivity contribution in [3.63, 3.8) is 0 Å². The quantitative estimate of drug-likeness (QED) is 0.487. The van der Waals surface area contributed by atoms with Crippen molar-refractivity contribution in [1.29, 1.82) is 0 Å². The van der Waals surface area contributed by atoms with Gasteiger partial charge in [0.25, 0.3) is 5.91 Å². The number of carbonyl (C=O) groups is 1. The van der Waals surface area contributed by atoms with Gasteiger partial charge < -0.3 is 9.32 Å². The van der Waals surface area contributed by atoms with Gasteiger partial charge >= 0.3 is 6.18 Å². The molecule has 0 saturated heterocycles. The third kappa shape index (κ3) is 4.54. The molecule has 3 rings (SSSR count). The molecule has 0 radical (unpaired) electrons. The standard InChI is InChI=1S/C20H14ClF4NO2/c21-17-7-2-8-18(22)16(17)12-26(11-15-6-3-9-28-15)19(27)13-4-1-5-14(10-13)20(23,24)25/h1-10H,11-12H2. The lowest BCUT2D eigenvalue weighted by atomic mass is 10.1. The molecule has 0 saturated carbocycles. The zero-order chi connectivity index (χ0) is 20.3. The van der Waals surface area contributed by atoms with Crippen LogP contribution in [0.2, 0.25) is 5.02 Å². The van der Waals surface area contributed by atoms with E-state index in [-0.39, 0.29) is 29.2 Å². The normalized spacial score (nSPS) is 11.5. The summed E-state index contributed by atoms with van der Waals surface area (Å²) in [6.45, 7) is -0.298. The van der Waals surface area contributed by atoms with Crippen molar-refractivity contribution in [1.82, 2.24) is 4.90 Å². The van der Waals surface area contributed by atoms with E-state index < -0.39 is 23.5 Å². The summed E-state index contributed by atoms with van der Waals surface area (Å²) in [5.74, 6) is -0.927. The van der Waals surface area contributed by atoms with Crippen molar-refractivity contribution < 1.29 is 26.8 Å². The Morgan fingerprint density at radius 3 is 2.43 bits per heavy atom. The van der Waals surface area contributed by atoms with E-state index in [4.69, 9.17) is 16.0 Å². The Labute approximate surface area is 163 Å². The lowest BCUT2D eigenvalue weighted by Crippen LogP contribution is -2.30. The molecule has 0 bridgehead atoms. The van der Waals surface area contributed by atoms with Gasteiger partial charge in [0.2, 0.25) is 0 Å². The second-order valence-corrected chi connectivity index (χ2v) is 6.43. The molecule has 0 aliphatic carbocycles. The van der Waals surface area contributed by atoms with Crippen LogP contribution in [0.1, 0.15) is 27.2 Å². The van der Waals surface area contributed by atoms with E-state index in [0.29, 0.717) is 5.76 Å². The Bertz CT molecular complexity index is 950. The van der Waals surface area contributed by atoms with Crippen molar-refractivity contribution in [2.45, 2.75) is 19.3 Å². The van der Waals surface area contributed by atoms with Gasteiger partial charge in [-0.15, -0.1) is 0 Å². The summed E-state index contributed by atoms with van der Waals surface area (Å²) in [4.78, 5) is 14.1. The first-order chi connectivity index (χ1) is 13.3. The second-order valence-electron chi connectivity index (χ2n) is 6.02. The molecule has 0 aliphatic rings. The molecule has 0 spiro atoms. The van der Waals surface area contributed by atoms with Crippen LogP contribution in [0.5, 0.6) is 0 Å². The largest absolute Gasteiger partial charge is 0.467 e. The first-order valence-electron chi connectivity index (χ1n) is 8.17. The first-order valence-corrected chi connectivity index (χ1v) is 8.55. The van der Waals surface area contributed by atoms with Crippen LogP contribution in [0.25, 0.3) is 0 Å². The van der Waals surface area contributed by atoms with E-state index in [1.54, 1.807) is 12.1 Å². The van der Waals surface area contributed by atoms with Gasteiger partial charge in [-0.1, -0.05) is 23.7 Å². The molecular formula is C20H14ClF4NO2. The summed E-state index contributed by atoms with van der Waals surface area (Å²) in [6.07, 6.45) is -3.19. The number of amides is 1. The minimum Gasteiger partial charge on any atom is -0.467 e. The summed E-state index contributed by atoms with van der Waals surface area (Å²) >= 11 is 6.04. The molecule has 1 amide bonds. The number of carbonyl (C=O) groups excluding carboxylic acids is 1. The Morgan fingerprint density at radius 2 is 1.79 bits per heavy atom. The SMILES string of the molecule is O=C(c1cccc(C(F)(F)F)c1)N(Cc1ccco1)Cc1c(F)cccc1Cl. The minimum absolute atomic E-state index is 0.0628. The van der Waals surface area contributed by atoms with Crippen LogP contribution < -0.4 is 0 Å². The molecule has 0 fully saturated rings. The number of halogens is 5. The van der Waals surface area contributed by atoms with Crippen LogP contribution in [0.15, 0.2) is 65.3 Å². The molecule has 8 heteroatoms. The Morgan fingerprint density at radius 1 is 1.04 bits per heavy atom. The molecule has 28 heavy (non-hydrogen) atoms. The molecule has 0 N–H and O–H groups in total. The number of benzene rings is 2. The minimum atomic E-state index is -4.59. The lowest BCUT2D eigenvalue weighted by Gasteiger charge is -2.23. The molecule has 1 aromatic heterocycles. The van der Waals surface area contributed by atoms with E-state index in [2.05, 4.69) is 0 Å². The van der Waals surface area contributed by atoms with Crippen LogP contribution in [0.3, 0.4) is 0 Å². The Hall–Kier alpha value is -2.80. The van der Waals surface area contributed by atoms with Gasteiger partial charge in [0.1, 0.15) is 11.6 Å². The fraction of sp³-hybridized carbons (Fsp3) is 0.150. The highest BCUT2D eigenvalue weighted by molar-refractivity contribution is 6.31. The average molecular weight is 412 g/mol. The zero-order valence-electron chi connectivity index (χ0n) is 14.3. The topological polar surface area (TPSA) is 33.5 Å². The summed E-state index contributed by atoms with van der Waals surface area (Å²) < 4.78 is 58.4. The number of nitrogens with zero attached hydrogens (tertiary/aromatic N) is 1. The maximum absolute atomic E-state index is 14.2. The van der Waals surface area contributed by atoms with Crippen LogP contribution in [-0.4, -0.2) is 10.8 Å². The van der Waals surface area contributed by atoms with Crippen LogP contribution in [0.4, 0.5) is 17.6 Å². The molecule has 3 nitrogen and oxygen atoms in total. The van der Waals surface area contributed by atoms with Gasteiger partial charge in [0.15, 0.2) is 0 Å². The van der Waals surface area contributed by atoms with Crippen molar-refractivity contribution in [3.8, 4) is 0 Å². The Balaban J connectivity index is 1.96. The third-order valence-corrected chi connectivity index (χ3v) is 4.42. The van der Waals surface area contributed by atoms with Gasteiger partial charge in [0, 0.05) is 16.1 Å². The first kappa shape index (κ1) is 19.9. The van der Waals surface area contributed by atoms with Gasteiger partial charge in [-0.2, -0.15) is 13.2 Å². The summed E-state index contributed by atoms with van der Waals surface area (Å²) in [5.41, 5.74) is -1.05. The highest BCUT2D eigenvalue weighted by atomic mass is 35.5. The van der Waals surface area contributed by atoms with Crippen LogP contribution in [0, 0.1) is 5.82 Å². The number of rotatable bonds is 5. The molecule has 0 aliphatic heterocycles. The second kappa shape index (κ2) is 8.06. The highest BCUT2D eigenvalue weighted by Gasteiger charge is 2.31. The van der Waals surface area contributed by atoms with E-state index in [0.717, 1.165) is 18.2 Å². The number of hydrogen-bond donors (Lipinski definition) is 0. The van der Waals surface area contributed by atoms with Gasteiger partial charge in [-0.3, -0.25) is 4.79 Å². The lowest BCUT2D eigenvalue weighted by molar-refractivity contribution is -0.137. The third-order valence-electron chi connectivity index (χ3n) is 4.06. The summed E-state index contributed by atoms with van der Waals surface area (Å²) in [5, 5.41) is 0.112. The molecule has 3 aromatic rings. The number of alkyl halides is 3. The maximum atomic E-state index is 14.2. The van der Waals surface area contributed by atoms with Crippen molar-refractivity contribution in [2.24, 2.45) is 0 Å². The molecule has 1 heterocycles. The van der Waals surface area contributed by atoms with Gasteiger partial charge in [-0.25, -0.2) is 4.39 Å². The number of hydrogen-bond acceptors (Lipinski definition) is 2. The van der Waals surface area contributed by atoms with Gasteiger partial charge in [-0.05, 0) is 42.5 Å². The molecular weight excluding hydrogens is 398 g/mol. The average Bonchev–Trinajstić information content (AvgIpc) is 3.16. The highest BCUT2D eigenvalue weighted by Crippen LogP contribution is 2.30. The zero-order valence-corrected chi connectivity index (χ0v) is 15.1. The molecule has 2 aromatic carbocycles. The van der Waals surface area contributed by atoms with Crippen LogP contribution >= 0.6 is 11.6 Å². The van der Waals surface area contributed by atoms with Crippen LogP contribution in [-0.2, 0) is 19.3 Å².